The first kappa shape index (κ1) is 26.8. The molecule has 0 fully saturated rings. The molecule has 9 heteroatoms. The van der Waals surface area contributed by atoms with Crippen LogP contribution in [0.5, 0.6) is 17.2 Å². The number of carbonyl (C=O) groups excluding carboxylic acids is 1. The molecular weight excluding hydrogens is 512 g/mol. The normalized spacial score (nSPS) is 16.1. The van der Waals surface area contributed by atoms with Gasteiger partial charge in [0.2, 0.25) is 11.8 Å². The highest BCUT2D eigenvalue weighted by Crippen LogP contribution is 2.47. The Labute approximate surface area is 232 Å². The van der Waals surface area contributed by atoms with Crippen molar-refractivity contribution in [2.75, 3.05) is 21.3 Å². The fourth-order valence-electron chi connectivity index (χ4n) is 5.06. The van der Waals surface area contributed by atoms with Crippen molar-refractivity contribution in [2.45, 2.75) is 31.6 Å². The van der Waals surface area contributed by atoms with E-state index in [4.69, 9.17) is 28.7 Å². The molecule has 3 heterocycles. The molecule has 0 amide bonds. The van der Waals surface area contributed by atoms with Crippen molar-refractivity contribution in [3.8, 4) is 17.2 Å². The average Bonchev–Trinajstić information content (AvgIpc) is 2.95. The van der Waals surface area contributed by atoms with Gasteiger partial charge in [0, 0.05) is 31.4 Å². The Balaban J connectivity index is 1.84. The number of cyclic esters (lactones) is 1. The quantitative estimate of drug-likeness (QED) is 0.245. The second-order valence-corrected chi connectivity index (χ2v) is 9.74. The molecule has 0 bridgehead atoms. The van der Waals surface area contributed by atoms with Crippen molar-refractivity contribution in [1.29, 1.82) is 0 Å². The molecule has 2 aromatic heterocycles. The van der Waals surface area contributed by atoms with Gasteiger partial charge in [-0.15, -0.1) is 0 Å². The molecule has 206 valence electrons. The summed E-state index contributed by atoms with van der Waals surface area (Å²) in [7, 11) is 4.55. The van der Waals surface area contributed by atoms with Crippen LogP contribution < -0.4 is 18.8 Å². The molecule has 4 aromatic rings. The molecule has 1 aliphatic heterocycles. The van der Waals surface area contributed by atoms with Crippen LogP contribution in [0.4, 0.5) is 0 Å². The summed E-state index contributed by atoms with van der Waals surface area (Å²) in [6.07, 6.45) is 3.76. The summed E-state index contributed by atoms with van der Waals surface area (Å²) in [4.78, 5) is 18.6. The van der Waals surface area contributed by atoms with Crippen molar-refractivity contribution in [1.82, 2.24) is 4.98 Å². The summed E-state index contributed by atoms with van der Waals surface area (Å²) in [5, 5.41) is 12.2. The van der Waals surface area contributed by atoms with Gasteiger partial charge in [-0.2, -0.15) is 4.57 Å². The number of esters is 1. The molecule has 2 aromatic carbocycles. The molecule has 1 N–H and O–H groups in total. The zero-order valence-corrected chi connectivity index (χ0v) is 23.0. The summed E-state index contributed by atoms with van der Waals surface area (Å²) >= 11 is 0. The van der Waals surface area contributed by atoms with Crippen LogP contribution >= 0.6 is 0 Å². The second-order valence-electron chi connectivity index (χ2n) is 9.74. The zero-order chi connectivity index (χ0) is 28.4. The van der Waals surface area contributed by atoms with Crippen molar-refractivity contribution in [2.24, 2.45) is 0 Å². The third-order valence-electron chi connectivity index (χ3n) is 6.79. The van der Waals surface area contributed by atoms with Crippen LogP contribution in [0.2, 0.25) is 0 Å². The zero-order valence-electron chi connectivity index (χ0n) is 23.0. The number of methoxy groups -OCH3 is 3. The number of aromatic nitrogens is 2. The van der Waals surface area contributed by atoms with Gasteiger partial charge in [0.1, 0.15) is 11.3 Å². The highest BCUT2D eigenvalue weighted by Gasteiger charge is 2.47. The van der Waals surface area contributed by atoms with Crippen LogP contribution in [0.3, 0.4) is 0 Å². The molecule has 9 nitrogen and oxygen atoms in total. The smallest absolute Gasteiger partial charge is 0.345 e. The minimum atomic E-state index is -1.35. The highest BCUT2D eigenvalue weighted by molar-refractivity contribution is 5.91. The van der Waals surface area contributed by atoms with E-state index in [1.165, 1.54) is 21.3 Å². The molecule has 0 aliphatic carbocycles. The Bertz CT molecular complexity index is 1560. The standard InChI is InChI=1S/C31H30N2O7/c1-31(2)39-29(34)26(30(35)40-31)25(20-17-23(36-3)28(38-5)24(18-20)37-4)27(33-15-9-6-10-16-33)22-14-13-19-11-7-8-12-21(19)32-22/h6-18,25,27H,1-5H3/p+1. The van der Waals surface area contributed by atoms with Gasteiger partial charge in [-0.05, 0) is 29.8 Å². The third-order valence-corrected chi connectivity index (χ3v) is 6.79. The molecule has 0 spiro atoms. The molecule has 0 radical (unpaired) electrons. The van der Waals surface area contributed by atoms with Gasteiger partial charge in [0.15, 0.2) is 23.9 Å². The topological polar surface area (TPSA) is 100 Å². The average molecular weight is 544 g/mol. The van der Waals surface area contributed by atoms with Crippen molar-refractivity contribution < 1.29 is 38.2 Å². The number of rotatable bonds is 8. The number of benzene rings is 2. The minimum absolute atomic E-state index is 0.0649. The van der Waals surface area contributed by atoms with E-state index in [0.717, 1.165) is 10.9 Å². The van der Waals surface area contributed by atoms with E-state index in [1.807, 2.05) is 71.6 Å². The fourth-order valence-corrected chi connectivity index (χ4v) is 5.06. The van der Waals surface area contributed by atoms with Gasteiger partial charge >= 0.3 is 5.97 Å². The van der Waals surface area contributed by atoms with Gasteiger partial charge in [-0.25, -0.2) is 9.78 Å². The summed E-state index contributed by atoms with van der Waals surface area (Å²) in [6.45, 7) is 3.11. The van der Waals surface area contributed by atoms with Crippen LogP contribution in [-0.2, 0) is 14.3 Å². The maximum Gasteiger partial charge on any atom is 0.345 e. The lowest BCUT2D eigenvalue weighted by Gasteiger charge is -2.34. The van der Waals surface area contributed by atoms with E-state index < -0.39 is 29.7 Å². The van der Waals surface area contributed by atoms with E-state index in [1.54, 1.807) is 26.0 Å². The van der Waals surface area contributed by atoms with Crippen LogP contribution in [-0.4, -0.2) is 43.2 Å². The molecule has 40 heavy (non-hydrogen) atoms. The Kier molecular flexibility index (Phi) is 7.21. The summed E-state index contributed by atoms with van der Waals surface area (Å²) in [5.41, 5.74) is 1.94. The monoisotopic (exact) mass is 543 g/mol. The first-order valence-electron chi connectivity index (χ1n) is 12.7. The highest BCUT2D eigenvalue weighted by atomic mass is 16.8. The van der Waals surface area contributed by atoms with Crippen LogP contribution in [0.1, 0.15) is 37.1 Å². The molecule has 0 saturated carbocycles. The molecule has 2 unspecified atom stereocenters. The van der Waals surface area contributed by atoms with Crippen LogP contribution in [0.15, 0.2) is 90.6 Å². The summed E-state index contributed by atoms with van der Waals surface area (Å²) in [5.74, 6) is -2.29. The van der Waals surface area contributed by atoms with E-state index in [-0.39, 0.29) is 5.57 Å². The number of aliphatic hydroxyl groups is 1. The van der Waals surface area contributed by atoms with Crippen molar-refractivity contribution in [3.63, 3.8) is 0 Å². The number of hydrogen-bond donors (Lipinski definition) is 1. The molecule has 1 aliphatic rings. The third kappa shape index (κ3) is 4.98. The molecule has 0 saturated heterocycles. The fraction of sp³-hybridized carbons (Fsp3) is 0.258. The Hall–Kier alpha value is -4.79. The number of aliphatic hydroxyl groups excluding tert-OH is 1. The lowest BCUT2D eigenvalue weighted by Crippen LogP contribution is -2.46. The lowest BCUT2D eigenvalue weighted by molar-refractivity contribution is -0.716. The number of hydrogen-bond acceptors (Lipinski definition) is 8. The summed E-state index contributed by atoms with van der Waals surface area (Å²) < 4.78 is 30.0. The van der Waals surface area contributed by atoms with E-state index in [0.29, 0.717) is 28.5 Å². The van der Waals surface area contributed by atoms with E-state index in [9.17, 15) is 9.90 Å². The summed E-state index contributed by atoms with van der Waals surface area (Å²) in [6, 6.07) is 20.2. The van der Waals surface area contributed by atoms with Crippen LogP contribution in [0, 0.1) is 0 Å². The largest absolute Gasteiger partial charge is 0.493 e. The minimum Gasteiger partial charge on any atom is -0.493 e. The first-order chi connectivity index (χ1) is 19.3. The number of pyridine rings is 2. The Morgan fingerprint density at radius 1 is 0.875 bits per heavy atom. The maximum atomic E-state index is 13.6. The van der Waals surface area contributed by atoms with E-state index >= 15 is 0 Å². The van der Waals surface area contributed by atoms with Gasteiger partial charge in [0.05, 0.1) is 32.8 Å². The van der Waals surface area contributed by atoms with Crippen LogP contribution in [0.25, 0.3) is 10.9 Å². The number of carbonyl (C=O) groups is 1. The Morgan fingerprint density at radius 3 is 2.17 bits per heavy atom. The number of nitrogens with zero attached hydrogens (tertiary/aromatic N) is 2. The first-order valence-corrected chi connectivity index (χ1v) is 12.7. The van der Waals surface area contributed by atoms with Crippen molar-refractivity contribution in [3.05, 3.63) is 102 Å². The predicted octanol–water partition coefficient (Wildman–Crippen LogP) is 5.00. The number of fused-ring (bicyclic) bond motifs is 1. The van der Waals surface area contributed by atoms with E-state index in [2.05, 4.69) is 0 Å². The van der Waals surface area contributed by atoms with Gasteiger partial charge in [-0.1, -0.05) is 30.3 Å². The van der Waals surface area contributed by atoms with Gasteiger partial charge < -0.3 is 28.8 Å². The lowest BCUT2D eigenvalue weighted by atomic mass is 9.82. The Morgan fingerprint density at radius 2 is 1.55 bits per heavy atom. The van der Waals surface area contributed by atoms with Crippen molar-refractivity contribution >= 4 is 16.9 Å². The SMILES string of the molecule is COc1cc(C(C2=C(O)OC(C)(C)OC2=O)C(c2ccc3ccccc3n2)[n+]2ccccc2)cc(OC)c1OC. The van der Waals surface area contributed by atoms with Gasteiger partial charge in [0.25, 0.3) is 11.7 Å². The molecule has 5 rings (SSSR count). The predicted molar refractivity (Wildman–Crippen MR) is 146 cm³/mol. The second kappa shape index (κ2) is 10.8. The maximum absolute atomic E-state index is 13.6. The van der Waals surface area contributed by atoms with Gasteiger partial charge in [-0.3, -0.25) is 0 Å². The molecule has 2 atom stereocenters. The molecular formula is C31H31N2O7+. The number of ether oxygens (including phenoxy) is 5. The number of para-hydroxylation sites is 1.